The van der Waals surface area contributed by atoms with Crippen molar-refractivity contribution in [3.63, 3.8) is 0 Å². The van der Waals surface area contributed by atoms with E-state index >= 15 is 0 Å². The molecule has 1 unspecified atom stereocenters. The fourth-order valence-corrected chi connectivity index (χ4v) is 1.60. The van der Waals surface area contributed by atoms with Crippen LogP contribution < -0.4 is 5.73 Å². The van der Waals surface area contributed by atoms with Crippen LogP contribution in [0.1, 0.15) is 26.2 Å². The first-order chi connectivity index (χ1) is 6.09. The van der Waals surface area contributed by atoms with Crippen molar-refractivity contribution in [1.29, 1.82) is 0 Å². The molecule has 1 saturated heterocycles. The van der Waals surface area contributed by atoms with E-state index in [1.165, 1.54) is 0 Å². The summed E-state index contributed by atoms with van der Waals surface area (Å²) >= 11 is 4.77. The van der Waals surface area contributed by atoms with Crippen LogP contribution in [0.25, 0.3) is 0 Å². The normalized spacial score (nSPS) is 23.3. The Morgan fingerprint density at radius 3 is 3.00 bits per heavy atom. The SMILES string of the molecule is CC1CCN(CCC(N)=S)C(=O)C1. The molecule has 1 fully saturated rings. The van der Waals surface area contributed by atoms with Crippen LogP contribution in [0.15, 0.2) is 0 Å². The van der Waals surface area contributed by atoms with Gasteiger partial charge in [-0.05, 0) is 12.3 Å². The molecule has 4 heteroatoms. The minimum atomic E-state index is 0.245. The van der Waals surface area contributed by atoms with E-state index in [1.807, 2.05) is 4.90 Å². The summed E-state index contributed by atoms with van der Waals surface area (Å²) < 4.78 is 0. The molecule has 1 rings (SSSR count). The zero-order chi connectivity index (χ0) is 9.84. The number of nitrogens with zero attached hydrogens (tertiary/aromatic N) is 1. The number of likely N-dealkylation sites (tertiary alicyclic amines) is 1. The van der Waals surface area contributed by atoms with Gasteiger partial charge in [-0.15, -0.1) is 0 Å². The summed E-state index contributed by atoms with van der Waals surface area (Å²) in [4.78, 5) is 13.8. The van der Waals surface area contributed by atoms with Crippen molar-refractivity contribution in [2.75, 3.05) is 13.1 Å². The number of hydrogen-bond donors (Lipinski definition) is 1. The van der Waals surface area contributed by atoms with E-state index in [0.29, 0.717) is 30.3 Å². The molecule has 1 aliphatic heterocycles. The quantitative estimate of drug-likeness (QED) is 0.689. The molecule has 0 radical (unpaired) electrons. The highest BCUT2D eigenvalue weighted by Gasteiger charge is 2.22. The van der Waals surface area contributed by atoms with E-state index in [1.54, 1.807) is 0 Å². The standard InChI is InChI=1S/C9H16N2OS/c1-7-2-4-11(9(12)6-7)5-3-8(10)13/h7H,2-6H2,1H3,(H2,10,13). The Hall–Kier alpha value is -0.640. The smallest absolute Gasteiger partial charge is 0.222 e. The Morgan fingerprint density at radius 2 is 2.46 bits per heavy atom. The summed E-state index contributed by atoms with van der Waals surface area (Å²) in [5, 5.41) is 0. The largest absolute Gasteiger partial charge is 0.393 e. The molecule has 0 spiro atoms. The summed E-state index contributed by atoms with van der Waals surface area (Å²) in [6.45, 7) is 3.67. The van der Waals surface area contributed by atoms with Crippen LogP contribution in [0.3, 0.4) is 0 Å². The maximum atomic E-state index is 11.5. The minimum Gasteiger partial charge on any atom is -0.393 e. The first kappa shape index (κ1) is 10.4. The Kier molecular flexibility index (Phi) is 3.66. The van der Waals surface area contributed by atoms with Crippen LogP contribution in [0.5, 0.6) is 0 Å². The van der Waals surface area contributed by atoms with Gasteiger partial charge in [0.05, 0.1) is 4.99 Å². The third-order valence-corrected chi connectivity index (χ3v) is 2.60. The molecule has 0 bridgehead atoms. The average molecular weight is 200 g/mol. The van der Waals surface area contributed by atoms with Gasteiger partial charge in [0.1, 0.15) is 0 Å². The molecule has 0 aromatic carbocycles. The second-order valence-electron chi connectivity index (χ2n) is 3.70. The highest BCUT2D eigenvalue weighted by molar-refractivity contribution is 7.80. The van der Waals surface area contributed by atoms with Crippen molar-refractivity contribution in [3.8, 4) is 0 Å². The number of amides is 1. The second-order valence-corrected chi connectivity index (χ2v) is 4.22. The second kappa shape index (κ2) is 4.56. The highest BCUT2D eigenvalue weighted by atomic mass is 32.1. The van der Waals surface area contributed by atoms with Crippen molar-refractivity contribution in [2.45, 2.75) is 26.2 Å². The average Bonchev–Trinajstić information content (AvgIpc) is 2.02. The maximum absolute atomic E-state index is 11.5. The van der Waals surface area contributed by atoms with Gasteiger partial charge in [0.25, 0.3) is 0 Å². The van der Waals surface area contributed by atoms with Gasteiger partial charge >= 0.3 is 0 Å². The fourth-order valence-electron chi connectivity index (χ4n) is 1.51. The topological polar surface area (TPSA) is 46.3 Å². The molecule has 0 aromatic rings. The number of rotatable bonds is 3. The summed E-state index contributed by atoms with van der Waals surface area (Å²) in [6, 6.07) is 0. The third kappa shape index (κ3) is 3.30. The van der Waals surface area contributed by atoms with Crippen LogP contribution in [-0.4, -0.2) is 28.9 Å². The van der Waals surface area contributed by atoms with Crippen molar-refractivity contribution >= 4 is 23.1 Å². The van der Waals surface area contributed by atoms with Crippen LogP contribution in [-0.2, 0) is 4.79 Å². The van der Waals surface area contributed by atoms with E-state index in [9.17, 15) is 4.79 Å². The molecule has 0 aromatic heterocycles. The lowest BCUT2D eigenvalue weighted by Gasteiger charge is -2.29. The predicted octanol–water partition coefficient (Wildman–Crippen LogP) is 0.921. The van der Waals surface area contributed by atoms with E-state index in [2.05, 4.69) is 6.92 Å². The van der Waals surface area contributed by atoms with Gasteiger partial charge in [-0.2, -0.15) is 0 Å². The van der Waals surface area contributed by atoms with Crippen molar-refractivity contribution < 1.29 is 4.79 Å². The zero-order valence-corrected chi connectivity index (χ0v) is 8.77. The van der Waals surface area contributed by atoms with E-state index in [-0.39, 0.29) is 5.91 Å². The highest BCUT2D eigenvalue weighted by Crippen LogP contribution is 2.17. The number of hydrogen-bond acceptors (Lipinski definition) is 2. The fraction of sp³-hybridized carbons (Fsp3) is 0.778. The number of thiocarbonyl (C=S) groups is 1. The first-order valence-electron chi connectivity index (χ1n) is 4.65. The van der Waals surface area contributed by atoms with Crippen molar-refractivity contribution in [2.24, 2.45) is 11.7 Å². The molecule has 1 atom stereocenters. The van der Waals surface area contributed by atoms with Gasteiger partial charge in [0.2, 0.25) is 5.91 Å². The lowest BCUT2D eigenvalue weighted by atomic mass is 9.98. The van der Waals surface area contributed by atoms with Crippen LogP contribution in [0.2, 0.25) is 0 Å². The van der Waals surface area contributed by atoms with Crippen molar-refractivity contribution in [3.05, 3.63) is 0 Å². The molecule has 0 saturated carbocycles. The number of piperidine rings is 1. The Labute approximate surface area is 84.3 Å². The molecule has 3 nitrogen and oxygen atoms in total. The summed E-state index contributed by atoms with van der Waals surface area (Å²) in [6.07, 6.45) is 2.43. The molecule has 1 aliphatic rings. The summed E-state index contributed by atoms with van der Waals surface area (Å²) in [5.41, 5.74) is 5.38. The van der Waals surface area contributed by atoms with E-state index < -0.39 is 0 Å². The molecule has 0 aliphatic carbocycles. The lowest BCUT2D eigenvalue weighted by molar-refractivity contribution is -0.134. The van der Waals surface area contributed by atoms with Gasteiger partial charge in [0, 0.05) is 25.9 Å². The van der Waals surface area contributed by atoms with Gasteiger partial charge in [0.15, 0.2) is 0 Å². The third-order valence-electron chi connectivity index (χ3n) is 2.40. The maximum Gasteiger partial charge on any atom is 0.222 e. The predicted molar refractivity (Wildman–Crippen MR) is 56.4 cm³/mol. The van der Waals surface area contributed by atoms with Crippen molar-refractivity contribution in [1.82, 2.24) is 4.90 Å². The molecule has 74 valence electrons. The zero-order valence-electron chi connectivity index (χ0n) is 7.95. The van der Waals surface area contributed by atoms with Gasteiger partial charge in [-0.3, -0.25) is 4.79 Å². The van der Waals surface area contributed by atoms with Crippen LogP contribution >= 0.6 is 12.2 Å². The Morgan fingerprint density at radius 1 is 1.77 bits per heavy atom. The van der Waals surface area contributed by atoms with Crippen LogP contribution in [0, 0.1) is 5.92 Å². The number of carbonyl (C=O) groups excluding carboxylic acids is 1. The molecule has 2 N–H and O–H groups in total. The van der Waals surface area contributed by atoms with Gasteiger partial charge < -0.3 is 10.6 Å². The summed E-state index contributed by atoms with van der Waals surface area (Å²) in [7, 11) is 0. The molecular weight excluding hydrogens is 184 g/mol. The Balaban J connectivity index is 2.34. The Bertz CT molecular complexity index is 218. The monoisotopic (exact) mass is 200 g/mol. The van der Waals surface area contributed by atoms with E-state index in [0.717, 1.165) is 13.0 Å². The lowest BCUT2D eigenvalue weighted by Crippen LogP contribution is -2.39. The molecular formula is C9H16N2OS. The van der Waals surface area contributed by atoms with E-state index in [4.69, 9.17) is 18.0 Å². The molecule has 1 heterocycles. The summed E-state index contributed by atoms with van der Waals surface area (Å²) in [5.74, 6) is 0.781. The molecule has 1 amide bonds. The molecule has 13 heavy (non-hydrogen) atoms. The number of nitrogens with two attached hydrogens (primary N) is 1. The van der Waals surface area contributed by atoms with Gasteiger partial charge in [-0.1, -0.05) is 19.1 Å². The van der Waals surface area contributed by atoms with Gasteiger partial charge in [-0.25, -0.2) is 0 Å². The minimum absolute atomic E-state index is 0.245. The first-order valence-corrected chi connectivity index (χ1v) is 5.06. The van der Waals surface area contributed by atoms with Crippen LogP contribution in [0.4, 0.5) is 0 Å². The number of carbonyl (C=O) groups is 1.